The molecule has 7 nitrogen and oxygen atoms in total. The number of carbonyl (C=O) groups is 1. The van der Waals surface area contributed by atoms with Crippen molar-refractivity contribution in [2.45, 2.75) is 38.0 Å². The number of anilines is 1. The number of ether oxygens (including phenoxy) is 2. The lowest BCUT2D eigenvalue weighted by Gasteiger charge is -2.34. The van der Waals surface area contributed by atoms with Crippen LogP contribution < -0.4 is 20.1 Å². The minimum atomic E-state index is -4.51. The van der Waals surface area contributed by atoms with Gasteiger partial charge in [0.05, 0.1) is 12.2 Å². The summed E-state index contributed by atoms with van der Waals surface area (Å²) in [7, 11) is 0. The van der Waals surface area contributed by atoms with Gasteiger partial charge in [0, 0.05) is 13.0 Å². The summed E-state index contributed by atoms with van der Waals surface area (Å²) in [5.74, 6) is 0.646. The largest absolute Gasteiger partial charge is 0.454 e. The molecule has 2 atom stereocenters. The van der Waals surface area contributed by atoms with Crippen LogP contribution in [0.4, 0.5) is 19.0 Å². The van der Waals surface area contributed by atoms with Crippen LogP contribution in [0.2, 0.25) is 0 Å². The molecule has 2 N–H and O–H groups in total. The monoisotopic (exact) mass is 396 g/mol. The average Bonchev–Trinajstić information content (AvgIpc) is 3.30. The number of hydrogen-bond acceptors (Lipinski definition) is 5. The molecular formula is C18H19F3N4O3. The summed E-state index contributed by atoms with van der Waals surface area (Å²) in [5.41, 5.74) is 0.707. The van der Waals surface area contributed by atoms with Gasteiger partial charge in [0.15, 0.2) is 17.5 Å². The second-order valence-corrected chi connectivity index (χ2v) is 6.71. The van der Waals surface area contributed by atoms with Crippen LogP contribution >= 0.6 is 0 Å². The van der Waals surface area contributed by atoms with E-state index in [2.05, 4.69) is 15.7 Å². The molecule has 0 bridgehead atoms. The highest BCUT2D eigenvalue weighted by Gasteiger charge is 2.47. The fraction of sp³-hybridized carbons (Fsp3) is 0.444. The summed E-state index contributed by atoms with van der Waals surface area (Å²) in [6.07, 6.45) is -2.87. The molecule has 150 valence electrons. The molecule has 0 unspecified atom stereocenters. The summed E-state index contributed by atoms with van der Waals surface area (Å²) in [5, 5.41) is 9.58. The molecule has 0 aliphatic carbocycles. The van der Waals surface area contributed by atoms with Crippen LogP contribution in [-0.2, 0) is 0 Å². The highest BCUT2D eigenvalue weighted by molar-refractivity contribution is 5.98. The Balaban J connectivity index is 1.70. The predicted molar refractivity (Wildman–Crippen MR) is 93.5 cm³/mol. The van der Waals surface area contributed by atoms with Crippen LogP contribution in [0.25, 0.3) is 0 Å². The number of halogens is 3. The van der Waals surface area contributed by atoms with Crippen molar-refractivity contribution in [2.24, 2.45) is 0 Å². The van der Waals surface area contributed by atoms with E-state index < -0.39 is 24.2 Å². The number of benzene rings is 1. The maximum Gasteiger partial charge on any atom is 0.410 e. The maximum absolute atomic E-state index is 13.7. The van der Waals surface area contributed by atoms with Gasteiger partial charge in [-0.2, -0.15) is 18.3 Å². The van der Waals surface area contributed by atoms with E-state index in [4.69, 9.17) is 9.47 Å². The third kappa shape index (κ3) is 3.23. The van der Waals surface area contributed by atoms with Gasteiger partial charge in [-0.1, -0.05) is 13.0 Å². The first-order chi connectivity index (χ1) is 13.4. The van der Waals surface area contributed by atoms with Crippen molar-refractivity contribution in [3.63, 3.8) is 0 Å². The highest BCUT2D eigenvalue weighted by atomic mass is 19.4. The van der Waals surface area contributed by atoms with Crippen molar-refractivity contribution in [3.8, 4) is 11.5 Å². The molecule has 10 heteroatoms. The fourth-order valence-electron chi connectivity index (χ4n) is 3.41. The number of carbonyl (C=O) groups excluding carboxylic acids is 1. The molecule has 2 aromatic rings. The number of amides is 1. The second kappa shape index (κ2) is 6.92. The van der Waals surface area contributed by atoms with Gasteiger partial charge in [-0.25, -0.2) is 4.68 Å². The number of hydrogen-bond donors (Lipinski definition) is 2. The van der Waals surface area contributed by atoms with E-state index in [1.807, 2.05) is 6.92 Å². The van der Waals surface area contributed by atoms with Gasteiger partial charge in [-0.15, -0.1) is 0 Å². The van der Waals surface area contributed by atoms with Crippen molar-refractivity contribution >= 4 is 11.7 Å². The molecule has 1 aromatic heterocycles. The van der Waals surface area contributed by atoms with Crippen LogP contribution in [0.15, 0.2) is 24.4 Å². The van der Waals surface area contributed by atoms with Crippen LogP contribution in [-0.4, -0.2) is 35.2 Å². The average molecular weight is 396 g/mol. The molecule has 28 heavy (non-hydrogen) atoms. The van der Waals surface area contributed by atoms with E-state index in [9.17, 15) is 18.0 Å². The molecule has 0 radical (unpaired) electrons. The summed E-state index contributed by atoms with van der Waals surface area (Å²) in [6.45, 7) is 2.40. The Morgan fingerprint density at radius 1 is 1.36 bits per heavy atom. The lowest BCUT2D eigenvalue weighted by molar-refractivity contribution is -0.173. The van der Waals surface area contributed by atoms with Crippen molar-refractivity contribution in [3.05, 3.63) is 35.5 Å². The van der Waals surface area contributed by atoms with Gasteiger partial charge in [0.25, 0.3) is 5.91 Å². The van der Waals surface area contributed by atoms with Crippen LogP contribution in [0, 0.1) is 0 Å². The maximum atomic E-state index is 13.7. The topological polar surface area (TPSA) is 77.4 Å². The van der Waals surface area contributed by atoms with Gasteiger partial charge in [-0.3, -0.25) is 4.79 Å². The van der Waals surface area contributed by atoms with E-state index in [0.717, 1.165) is 4.68 Å². The van der Waals surface area contributed by atoms with Crippen LogP contribution in [0.1, 0.15) is 47.8 Å². The molecule has 0 fully saturated rings. The zero-order valence-corrected chi connectivity index (χ0v) is 15.0. The minimum Gasteiger partial charge on any atom is -0.454 e. The molecule has 0 saturated heterocycles. The molecule has 0 spiro atoms. The normalized spacial score (nSPS) is 20.4. The first-order valence-electron chi connectivity index (χ1n) is 8.97. The molecule has 0 saturated carbocycles. The van der Waals surface area contributed by atoms with E-state index >= 15 is 0 Å². The van der Waals surface area contributed by atoms with E-state index in [1.54, 1.807) is 18.2 Å². The quantitative estimate of drug-likeness (QED) is 0.828. The van der Waals surface area contributed by atoms with Crippen molar-refractivity contribution in [1.29, 1.82) is 0 Å². The molecule has 1 aromatic carbocycles. The number of fused-ring (bicyclic) bond motifs is 2. The molecule has 3 heterocycles. The Morgan fingerprint density at radius 2 is 2.14 bits per heavy atom. The lowest BCUT2D eigenvalue weighted by atomic mass is 9.96. The highest BCUT2D eigenvalue weighted by Crippen LogP contribution is 2.45. The van der Waals surface area contributed by atoms with Gasteiger partial charge >= 0.3 is 6.18 Å². The Bertz CT molecular complexity index is 897. The molecular weight excluding hydrogens is 377 g/mol. The van der Waals surface area contributed by atoms with Gasteiger partial charge in [0.1, 0.15) is 11.4 Å². The Hall–Kier alpha value is -2.91. The molecule has 1 amide bonds. The zero-order valence-electron chi connectivity index (χ0n) is 15.0. The number of aromatic nitrogens is 2. The second-order valence-electron chi connectivity index (χ2n) is 6.71. The number of nitrogens with one attached hydrogen (secondary N) is 2. The predicted octanol–water partition coefficient (Wildman–Crippen LogP) is 3.41. The standard InChI is InChI=1S/C18H19F3N4O3/c1-2-5-22-17(26)11-8-23-25-15(18(19,20)21)7-12(24-16(11)25)10-3-4-13-14(6-10)28-9-27-13/h3-4,6,8,12,15,24H,2,5,7,9H2,1H3,(H,22,26)/t12-,15+/m1/s1. The molecule has 2 aliphatic heterocycles. The van der Waals surface area contributed by atoms with Crippen molar-refractivity contribution in [1.82, 2.24) is 15.1 Å². The van der Waals surface area contributed by atoms with Gasteiger partial charge in [0.2, 0.25) is 6.79 Å². The zero-order chi connectivity index (χ0) is 19.9. The minimum absolute atomic E-state index is 0.0600. The van der Waals surface area contributed by atoms with E-state index in [-0.39, 0.29) is 24.6 Å². The van der Waals surface area contributed by atoms with Gasteiger partial charge in [-0.05, 0) is 24.1 Å². The first kappa shape index (κ1) is 18.5. The van der Waals surface area contributed by atoms with Crippen molar-refractivity contribution < 1.29 is 27.4 Å². The lowest BCUT2D eigenvalue weighted by Crippen LogP contribution is -2.36. The summed E-state index contributed by atoms with van der Waals surface area (Å²) in [6, 6.07) is 2.52. The number of alkyl halides is 3. The fourth-order valence-corrected chi connectivity index (χ4v) is 3.41. The Kier molecular flexibility index (Phi) is 4.56. The SMILES string of the molecule is CCCNC(=O)c1cnn2c1N[C@@H](c1ccc3c(c1)OCO3)C[C@H]2C(F)(F)F. The third-order valence-corrected chi connectivity index (χ3v) is 4.82. The molecule has 2 aliphatic rings. The Morgan fingerprint density at radius 3 is 2.89 bits per heavy atom. The van der Waals surface area contributed by atoms with E-state index in [1.165, 1.54) is 6.20 Å². The van der Waals surface area contributed by atoms with Crippen LogP contribution in [0.5, 0.6) is 11.5 Å². The van der Waals surface area contributed by atoms with E-state index in [0.29, 0.717) is 30.0 Å². The summed E-state index contributed by atoms with van der Waals surface area (Å²) < 4.78 is 52.6. The summed E-state index contributed by atoms with van der Waals surface area (Å²) >= 11 is 0. The van der Waals surface area contributed by atoms with Gasteiger partial charge < -0.3 is 20.1 Å². The van der Waals surface area contributed by atoms with Crippen LogP contribution in [0.3, 0.4) is 0 Å². The number of nitrogens with zero attached hydrogens (tertiary/aromatic N) is 2. The van der Waals surface area contributed by atoms with Crippen molar-refractivity contribution in [2.75, 3.05) is 18.7 Å². The smallest absolute Gasteiger partial charge is 0.410 e. The third-order valence-electron chi connectivity index (χ3n) is 4.82. The summed E-state index contributed by atoms with van der Waals surface area (Å²) in [4.78, 5) is 12.4. The molecule has 4 rings (SSSR count). The number of rotatable bonds is 4. The Labute approximate surface area is 158 Å². The first-order valence-corrected chi connectivity index (χ1v) is 8.97.